The van der Waals surface area contributed by atoms with E-state index in [0.29, 0.717) is 55.0 Å². The number of amides is 1. The number of hydrogen-bond acceptors (Lipinski definition) is 5. The van der Waals surface area contributed by atoms with Gasteiger partial charge in [0.15, 0.2) is 11.5 Å². The van der Waals surface area contributed by atoms with E-state index >= 15 is 0 Å². The number of ether oxygens (including phenoxy) is 2. The van der Waals surface area contributed by atoms with Gasteiger partial charge in [-0.1, -0.05) is 76.7 Å². The van der Waals surface area contributed by atoms with Gasteiger partial charge in [-0.05, 0) is 61.0 Å². The highest BCUT2D eigenvalue weighted by Crippen LogP contribution is 2.40. The van der Waals surface area contributed by atoms with Gasteiger partial charge < -0.3 is 14.5 Å². The van der Waals surface area contributed by atoms with E-state index in [-0.39, 0.29) is 22.0 Å². The zero-order chi connectivity index (χ0) is 29.8. The van der Waals surface area contributed by atoms with Crippen LogP contribution in [0.5, 0.6) is 11.5 Å². The number of halogens is 4. The number of carbonyl (C=O) groups is 2. The van der Waals surface area contributed by atoms with E-state index in [4.69, 9.17) is 55.9 Å². The maximum atomic E-state index is 13.3. The van der Waals surface area contributed by atoms with Gasteiger partial charge >= 0.3 is 5.97 Å². The summed E-state index contributed by atoms with van der Waals surface area (Å²) < 4.78 is 11.2. The minimum absolute atomic E-state index is 0.205. The number of nitrogens with one attached hydrogen (secondary N) is 2. The standard InChI is InChI=1S/C31H21Cl4N3O4/c1-2-41-26-13-17(11-12-25(26)42-31(40)20-8-4-6-10-23(20)34)16-36-38-30(39)29-27(19-7-3-5-9-22(19)33)21-14-18(32)15-24(35)28(21)37-29/h3-16,37H,2H2,1H3,(H,38,39). The highest BCUT2D eigenvalue weighted by molar-refractivity contribution is 6.40. The maximum absolute atomic E-state index is 13.3. The predicted octanol–water partition coefficient (Wildman–Crippen LogP) is 8.83. The Labute approximate surface area is 260 Å². The van der Waals surface area contributed by atoms with Crippen LogP contribution in [0, 0.1) is 0 Å². The van der Waals surface area contributed by atoms with Crippen LogP contribution in [-0.2, 0) is 0 Å². The number of aromatic amines is 1. The summed E-state index contributed by atoms with van der Waals surface area (Å²) in [5, 5.41) is 6.25. The number of H-pyrrole nitrogens is 1. The fourth-order valence-corrected chi connectivity index (χ4v) is 5.28. The Morgan fingerprint density at radius 2 is 1.62 bits per heavy atom. The van der Waals surface area contributed by atoms with Crippen LogP contribution in [0.15, 0.2) is 84.0 Å². The molecule has 11 heteroatoms. The lowest BCUT2D eigenvalue weighted by molar-refractivity contribution is 0.0728. The zero-order valence-electron chi connectivity index (χ0n) is 21.9. The van der Waals surface area contributed by atoms with E-state index in [1.165, 1.54) is 6.21 Å². The fourth-order valence-electron chi connectivity index (χ4n) is 4.29. The summed E-state index contributed by atoms with van der Waals surface area (Å²) in [6, 6.07) is 21.9. The fraction of sp³-hybridized carbons (Fsp3) is 0.0645. The van der Waals surface area contributed by atoms with E-state index in [0.717, 1.165) is 0 Å². The molecular formula is C31H21Cl4N3O4. The molecular weight excluding hydrogens is 620 g/mol. The monoisotopic (exact) mass is 639 g/mol. The van der Waals surface area contributed by atoms with E-state index < -0.39 is 11.9 Å². The van der Waals surface area contributed by atoms with Gasteiger partial charge in [-0.3, -0.25) is 4.79 Å². The summed E-state index contributed by atoms with van der Waals surface area (Å²) in [5.41, 5.74) is 5.25. The van der Waals surface area contributed by atoms with Gasteiger partial charge in [0.05, 0.1) is 33.9 Å². The molecule has 0 bridgehead atoms. The minimum atomic E-state index is -0.621. The molecule has 0 aliphatic carbocycles. The van der Waals surface area contributed by atoms with Crippen LogP contribution in [0.25, 0.3) is 22.0 Å². The van der Waals surface area contributed by atoms with E-state index in [1.54, 1.807) is 79.7 Å². The van der Waals surface area contributed by atoms with Crippen LogP contribution in [0.1, 0.15) is 33.3 Å². The number of hydrogen-bond donors (Lipinski definition) is 2. The first-order chi connectivity index (χ1) is 20.3. The number of esters is 1. The number of hydrazone groups is 1. The number of rotatable bonds is 8. The van der Waals surface area contributed by atoms with Gasteiger partial charge in [0.1, 0.15) is 5.69 Å². The van der Waals surface area contributed by atoms with E-state index in [1.807, 2.05) is 6.07 Å². The van der Waals surface area contributed by atoms with Crippen molar-refractivity contribution in [2.45, 2.75) is 6.92 Å². The van der Waals surface area contributed by atoms with Gasteiger partial charge in [0.25, 0.3) is 5.91 Å². The lowest BCUT2D eigenvalue weighted by atomic mass is 10.0. The van der Waals surface area contributed by atoms with Crippen LogP contribution < -0.4 is 14.9 Å². The van der Waals surface area contributed by atoms with Crippen molar-refractivity contribution in [1.82, 2.24) is 10.4 Å². The van der Waals surface area contributed by atoms with Crippen molar-refractivity contribution in [3.05, 3.63) is 116 Å². The zero-order valence-corrected chi connectivity index (χ0v) is 24.9. The van der Waals surface area contributed by atoms with Crippen LogP contribution >= 0.6 is 46.4 Å². The second kappa shape index (κ2) is 12.9. The van der Waals surface area contributed by atoms with Crippen molar-refractivity contribution in [2.75, 3.05) is 6.61 Å². The summed E-state index contributed by atoms with van der Waals surface area (Å²) in [6.07, 6.45) is 1.43. The normalized spacial score (nSPS) is 11.2. The molecule has 7 nitrogen and oxygen atoms in total. The summed E-state index contributed by atoms with van der Waals surface area (Å²) in [7, 11) is 0. The minimum Gasteiger partial charge on any atom is -0.490 e. The Hall–Kier alpha value is -4.01. The number of fused-ring (bicyclic) bond motifs is 1. The van der Waals surface area contributed by atoms with Gasteiger partial charge in [-0.25, -0.2) is 10.2 Å². The van der Waals surface area contributed by atoms with Crippen LogP contribution in [0.4, 0.5) is 0 Å². The molecule has 0 fully saturated rings. The molecule has 42 heavy (non-hydrogen) atoms. The van der Waals surface area contributed by atoms with Gasteiger partial charge in [0.2, 0.25) is 0 Å². The molecule has 1 aromatic heterocycles. The van der Waals surface area contributed by atoms with Crippen LogP contribution in [-0.4, -0.2) is 29.7 Å². The molecule has 0 saturated carbocycles. The molecule has 1 heterocycles. The maximum Gasteiger partial charge on any atom is 0.345 e. The Balaban J connectivity index is 1.40. The lowest BCUT2D eigenvalue weighted by Crippen LogP contribution is -2.19. The summed E-state index contributed by atoms with van der Waals surface area (Å²) in [6.45, 7) is 2.13. The summed E-state index contributed by atoms with van der Waals surface area (Å²) in [4.78, 5) is 29.1. The molecule has 4 aromatic carbocycles. The molecule has 0 saturated heterocycles. The van der Waals surface area contributed by atoms with Crippen LogP contribution in [0.2, 0.25) is 20.1 Å². The molecule has 1 amide bonds. The molecule has 0 spiro atoms. The topological polar surface area (TPSA) is 92.8 Å². The smallest absolute Gasteiger partial charge is 0.345 e. The first-order valence-corrected chi connectivity index (χ1v) is 14.1. The Morgan fingerprint density at radius 1 is 0.881 bits per heavy atom. The van der Waals surface area contributed by atoms with Crippen molar-refractivity contribution < 1.29 is 19.1 Å². The Bertz CT molecular complexity index is 1850. The van der Waals surface area contributed by atoms with Gasteiger partial charge in [-0.15, -0.1) is 0 Å². The number of nitrogens with zero attached hydrogens (tertiary/aromatic N) is 1. The van der Waals surface area contributed by atoms with Crippen molar-refractivity contribution >= 4 is 75.4 Å². The number of benzene rings is 4. The molecule has 0 aliphatic rings. The van der Waals surface area contributed by atoms with Crippen molar-refractivity contribution in [3.8, 4) is 22.6 Å². The molecule has 0 atom stereocenters. The predicted molar refractivity (Wildman–Crippen MR) is 168 cm³/mol. The number of aromatic nitrogens is 1. The van der Waals surface area contributed by atoms with E-state index in [2.05, 4.69) is 15.5 Å². The second-order valence-electron chi connectivity index (χ2n) is 8.87. The van der Waals surface area contributed by atoms with Crippen molar-refractivity contribution in [2.24, 2.45) is 5.10 Å². The van der Waals surface area contributed by atoms with Gasteiger partial charge in [-0.2, -0.15) is 5.10 Å². The average Bonchev–Trinajstić information content (AvgIpc) is 3.34. The third-order valence-corrected chi connectivity index (χ3v) is 7.31. The molecule has 0 unspecified atom stereocenters. The Morgan fingerprint density at radius 3 is 2.36 bits per heavy atom. The molecule has 212 valence electrons. The van der Waals surface area contributed by atoms with E-state index in [9.17, 15) is 9.59 Å². The first kappa shape index (κ1) is 29.5. The summed E-state index contributed by atoms with van der Waals surface area (Å²) >= 11 is 25.3. The third kappa shape index (κ3) is 6.25. The molecule has 5 rings (SSSR count). The molecule has 0 aliphatic heterocycles. The van der Waals surface area contributed by atoms with Crippen molar-refractivity contribution in [3.63, 3.8) is 0 Å². The largest absolute Gasteiger partial charge is 0.490 e. The quantitative estimate of drug-likeness (QED) is 0.0767. The SMILES string of the molecule is CCOc1cc(C=NNC(=O)c2[nH]c3c(Cl)cc(Cl)cc3c2-c2ccccc2Cl)ccc1OC(=O)c1ccccc1Cl. The summed E-state index contributed by atoms with van der Waals surface area (Å²) in [5.74, 6) is -0.624. The first-order valence-electron chi connectivity index (χ1n) is 12.6. The lowest BCUT2D eigenvalue weighted by Gasteiger charge is -2.12. The highest BCUT2D eigenvalue weighted by atomic mass is 35.5. The average molecular weight is 641 g/mol. The van der Waals surface area contributed by atoms with Crippen molar-refractivity contribution in [1.29, 1.82) is 0 Å². The molecule has 0 radical (unpaired) electrons. The van der Waals surface area contributed by atoms with Crippen LogP contribution in [0.3, 0.4) is 0 Å². The molecule has 5 aromatic rings. The van der Waals surface area contributed by atoms with Gasteiger partial charge in [0, 0.05) is 26.6 Å². The second-order valence-corrected chi connectivity index (χ2v) is 10.5. The molecule has 2 N–H and O–H groups in total. The Kier molecular flexibility index (Phi) is 9.04. The highest BCUT2D eigenvalue weighted by Gasteiger charge is 2.22. The number of carbonyl (C=O) groups excluding carboxylic acids is 2. The third-order valence-electron chi connectivity index (χ3n) is 6.14.